The van der Waals surface area contributed by atoms with Gasteiger partial charge in [-0.2, -0.15) is 4.98 Å². The highest BCUT2D eigenvalue weighted by atomic mass is 19.1. The summed E-state index contributed by atoms with van der Waals surface area (Å²) in [6.07, 6.45) is 4.95. The molecule has 1 atom stereocenters. The largest absolute Gasteiger partial charge is 0.351 e. The van der Waals surface area contributed by atoms with Gasteiger partial charge in [0.15, 0.2) is 0 Å². The summed E-state index contributed by atoms with van der Waals surface area (Å²) in [5.74, 6) is -0.101. The van der Waals surface area contributed by atoms with Crippen molar-refractivity contribution >= 4 is 28.9 Å². The van der Waals surface area contributed by atoms with Gasteiger partial charge in [0.25, 0.3) is 11.5 Å². The topological polar surface area (TPSA) is 112 Å². The summed E-state index contributed by atoms with van der Waals surface area (Å²) in [6.45, 7) is 7.44. The summed E-state index contributed by atoms with van der Waals surface area (Å²) in [7, 11) is 0. The van der Waals surface area contributed by atoms with Crippen molar-refractivity contribution in [1.82, 2.24) is 29.7 Å². The average Bonchev–Trinajstić information content (AvgIpc) is 3.05. The molecule has 2 aliphatic heterocycles. The van der Waals surface area contributed by atoms with Gasteiger partial charge in [-0.1, -0.05) is 24.3 Å². The van der Waals surface area contributed by atoms with Gasteiger partial charge in [0, 0.05) is 54.4 Å². The standard InChI is InChI=1S/C35H40FN7O3/c1-22(2)38-35(46)42-17-7-6-10-30(42)43-31-25(20-29(33(43)45)28-9-5-4-8-23(28)3)21-37-34(40-31)39-27-15-18-41(19-16-27)32(44)24-11-13-26(36)14-12-24/h4-5,8-9,11-14,20-22,27,30H,6-7,10,15-19H2,1-3H3,(H,38,46)(H,37,39,40). The number of carbonyl (C=O) groups is 2. The summed E-state index contributed by atoms with van der Waals surface area (Å²) in [4.78, 5) is 53.8. The van der Waals surface area contributed by atoms with Crippen LogP contribution in [0, 0.1) is 12.7 Å². The Labute approximate surface area is 267 Å². The molecule has 3 amide bonds. The van der Waals surface area contributed by atoms with Gasteiger partial charge in [0.05, 0.1) is 0 Å². The molecule has 1 unspecified atom stereocenters. The number of aryl methyl sites for hydroxylation is 1. The molecule has 10 nitrogen and oxygen atoms in total. The Balaban J connectivity index is 1.32. The molecule has 2 saturated heterocycles. The molecule has 0 aliphatic carbocycles. The van der Waals surface area contributed by atoms with E-state index >= 15 is 0 Å². The first-order chi connectivity index (χ1) is 22.2. The van der Waals surface area contributed by atoms with Gasteiger partial charge in [0.1, 0.15) is 17.6 Å². The van der Waals surface area contributed by atoms with Crippen LogP contribution in [0.1, 0.15) is 68.0 Å². The maximum Gasteiger partial charge on any atom is 0.319 e. The fourth-order valence-electron chi connectivity index (χ4n) is 6.47. The summed E-state index contributed by atoms with van der Waals surface area (Å²) in [6, 6.07) is 15.0. The number of rotatable bonds is 6. The number of hydrogen-bond donors (Lipinski definition) is 2. The van der Waals surface area contributed by atoms with Crippen LogP contribution < -0.4 is 16.2 Å². The second kappa shape index (κ2) is 13.3. The molecule has 2 aliphatic rings. The van der Waals surface area contributed by atoms with Gasteiger partial charge in [-0.15, -0.1) is 0 Å². The second-order valence-electron chi connectivity index (χ2n) is 12.5. The zero-order valence-electron chi connectivity index (χ0n) is 26.5. The predicted molar refractivity (Wildman–Crippen MR) is 176 cm³/mol. The molecule has 0 spiro atoms. The van der Waals surface area contributed by atoms with Crippen molar-refractivity contribution in [1.29, 1.82) is 0 Å². The summed E-state index contributed by atoms with van der Waals surface area (Å²) >= 11 is 0. The third kappa shape index (κ3) is 6.45. The molecule has 240 valence electrons. The number of aromatic nitrogens is 3. The Bertz CT molecular complexity index is 1800. The predicted octanol–water partition coefficient (Wildman–Crippen LogP) is 5.73. The van der Waals surface area contributed by atoms with Crippen LogP contribution in [0.25, 0.3) is 22.2 Å². The highest BCUT2D eigenvalue weighted by Gasteiger charge is 2.32. The van der Waals surface area contributed by atoms with Gasteiger partial charge in [-0.3, -0.25) is 14.2 Å². The molecular weight excluding hydrogens is 585 g/mol. The molecule has 0 bridgehead atoms. The van der Waals surface area contributed by atoms with Crippen LogP contribution in [0.5, 0.6) is 0 Å². The van der Waals surface area contributed by atoms with E-state index in [1.807, 2.05) is 51.1 Å². The lowest BCUT2D eigenvalue weighted by molar-refractivity contribution is 0.0718. The molecule has 6 rings (SSSR count). The molecule has 11 heteroatoms. The van der Waals surface area contributed by atoms with E-state index < -0.39 is 6.17 Å². The van der Waals surface area contributed by atoms with Crippen molar-refractivity contribution in [3.8, 4) is 11.1 Å². The molecule has 46 heavy (non-hydrogen) atoms. The number of amides is 3. The number of benzene rings is 2. The summed E-state index contributed by atoms with van der Waals surface area (Å²) < 4.78 is 15.0. The first-order valence-electron chi connectivity index (χ1n) is 16.1. The third-order valence-corrected chi connectivity index (χ3v) is 8.86. The highest BCUT2D eigenvalue weighted by molar-refractivity contribution is 5.94. The van der Waals surface area contributed by atoms with Crippen molar-refractivity contribution in [3.63, 3.8) is 0 Å². The number of likely N-dealkylation sites (tertiary alicyclic amines) is 2. The third-order valence-electron chi connectivity index (χ3n) is 8.86. The second-order valence-corrected chi connectivity index (χ2v) is 12.5. The van der Waals surface area contributed by atoms with Crippen LogP contribution >= 0.6 is 0 Å². The average molecular weight is 626 g/mol. The normalized spacial score (nSPS) is 17.4. The number of nitrogens with one attached hydrogen (secondary N) is 2. The van der Waals surface area contributed by atoms with Gasteiger partial charge in [-0.05, 0) is 94.3 Å². The van der Waals surface area contributed by atoms with Crippen molar-refractivity contribution in [2.24, 2.45) is 0 Å². The van der Waals surface area contributed by atoms with Crippen LogP contribution in [0.3, 0.4) is 0 Å². The molecule has 2 aromatic carbocycles. The van der Waals surface area contributed by atoms with E-state index in [4.69, 9.17) is 4.98 Å². The van der Waals surface area contributed by atoms with E-state index in [1.54, 1.807) is 20.6 Å². The minimum Gasteiger partial charge on any atom is -0.351 e. The van der Waals surface area contributed by atoms with Crippen molar-refractivity contribution < 1.29 is 14.0 Å². The smallest absolute Gasteiger partial charge is 0.319 e. The van der Waals surface area contributed by atoms with E-state index in [9.17, 15) is 18.8 Å². The van der Waals surface area contributed by atoms with Crippen molar-refractivity contribution in [2.45, 2.75) is 71.1 Å². The number of carbonyl (C=O) groups excluding carboxylic acids is 2. The zero-order valence-corrected chi connectivity index (χ0v) is 26.5. The number of pyridine rings is 1. The molecule has 2 aromatic heterocycles. The van der Waals surface area contributed by atoms with Gasteiger partial charge >= 0.3 is 6.03 Å². The highest BCUT2D eigenvalue weighted by Crippen LogP contribution is 2.31. The Morgan fingerprint density at radius 1 is 0.957 bits per heavy atom. The lowest BCUT2D eigenvalue weighted by Crippen LogP contribution is -2.50. The lowest BCUT2D eigenvalue weighted by atomic mass is 10.0. The van der Waals surface area contributed by atoms with E-state index in [0.717, 1.165) is 24.0 Å². The Morgan fingerprint density at radius 2 is 1.70 bits per heavy atom. The van der Waals surface area contributed by atoms with E-state index in [-0.39, 0.29) is 35.4 Å². The molecule has 0 saturated carbocycles. The van der Waals surface area contributed by atoms with Crippen LogP contribution in [-0.4, -0.2) is 68.0 Å². The number of halogens is 1. The molecule has 2 N–H and O–H groups in total. The number of fused-ring (bicyclic) bond motifs is 1. The number of nitrogens with zero attached hydrogens (tertiary/aromatic N) is 5. The van der Waals surface area contributed by atoms with Gasteiger partial charge in [0.2, 0.25) is 5.95 Å². The Kier molecular flexibility index (Phi) is 9.01. The SMILES string of the molecule is Cc1ccccc1-c1cc2cnc(NC3CCN(C(=O)c4ccc(F)cc4)CC3)nc2n(C2CCCCN2C(=O)NC(C)C)c1=O. The summed E-state index contributed by atoms with van der Waals surface area (Å²) in [5.41, 5.74) is 3.09. The van der Waals surface area contributed by atoms with E-state index in [1.165, 1.54) is 24.3 Å². The molecule has 2 fully saturated rings. The maximum atomic E-state index is 14.4. The first-order valence-corrected chi connectivity index (χ1v) is 16.1. The number of anilines is 1. The van der Waals surface area contributed by atoms with Crippen molar-refractivity contribution in [2.75, 3.05) is 25.0 Å². The minimum atomic E-state index is -0.505. The van der Waals surface area contributed by atoms with Crippen LogP contribution in [0.4, 0.5) is 15.1 Å². The molecule has 4 aromatic rings. The van der Waals surface area contributed by atoms with Gasteiger partial charge in [-0.25, -0.2) is 14.2 Å². The monoisotopic (exact) mass is 625 g/mol. The van der Waals surface area contributed by atoms with Gasteiger partial charge < -0.3 is 20.4 Å². The van der Waals surface area contributed by atoms with Crippen LogP contribution in [-0.2, 0) is 0 Å². The molecule has 4 heterocycles. The van der Waals surface area contributed by atoms with E-state index in [0.29, 0.717) is 67.0 Å². The first kappa shape index (κ1) is 31.2. The molecular formula is C35H40FN7O3. The zero-order chi connectivity index (χ0) is 32.4. The fraction of sp³-hybridized carbons (Fsp3) is 0.400. The quantitative estimate of drug-likeness (QED) is 0.283. The van der Waals surface area contributed by atoms with E-state index in [2.05, 4.69) is 15.6 Å². The van der Waals surface area contributed by atoms with Crippen LogP contribution in [0.2, 0.25) is 0 Å². The lowest BCUT2D eigenvalue weighted by Gasteiger charge is -2.37. The number of piperidine rings is 2. The maximum absolute atomic E-state index is 14.4. The Morgan fingerprint density at radius 3 is 2.41 bits per heavy atom. The Hall–Kier alpha value is -4.80. The summed E-state index contributed by atoms with van der Waals surface area (Å²) in [5, 5.41) is 7.14. The van der Waals surface area contributed by atoms with Crippen LogP contribution in [0.15, 0.2) is 65.6 Å². The number of urea groups is 1. The fourth-order valence-corrected chi connectivity index (χ4v) is 6.47. The number of hydrogen-bond acceptors (Lipinski definition) is 6. The van der Waals surface area contributed by atoms with Crippen molar-refractivity contribution in [3.05, 3.63) is 88.1 Å². The minimum absolute atomic E-state index is 0.0177. The molecule has 0 radical (unpaired) electrons.